The van der Waals surface area contributed by atoms with Gasteiger partial charge in [0.25, 0.3) is 5.91 Å². The van der Waals surface area contributed by atoms with Gasteiger partial charge in [-0.25, -0.2) is 0 Å². The number of hydrogen-bond donors (Lipinski definition) is 1. The van der Waals surface area contributed by atoms with Crippen molar-refractivity contribution in [2.24, 2.45) is 0 Å². The van der Waals surface area contributed by atoms with Crippen molar-refractivity contribution < 1.29 is 4.79 Å². The van der Waals surface area contributed by atoms with Crippen molar-refractivity contribution >= 4 is 18.5 Å². The highest BCUT2D eigenvalue weighted by atomic mass is 32.1. The van der Waals surface area contributed by atoms with Gasteiger partial charge in [-0.15, -0.1) is 0 Å². The molecular formula is C13H15NOS. The Morgan fingerprint density at radius 2 is 2.12 bits per heavy atom. The van der Waals surface area contributed by atoms with Crippen LogP contribution < -0.4 is 0 Å². The van der Waals surface area contributed by atoms with Gasteiger partial charge in [0.05, 0.1) is 0 Å². The summed E-state index contributed by atoms with van der Waals surface area (Å²) in [6.45, 7) is 1.50. The Bertz CT molecular complexity index is 414. The molecule has 84 valence electrons. The molecule has 0 aromatic heterocycles. The number of hydrogen-bond acceptors (Lipinski definition) is 2. The van der Waals surface area contributed by atoms with E-state index in [0.717, 1.165) is 24.3 Å². The quantitative estimate of drug-likeness (QED) is 0.626. The number of amides is 1. The fourth-order valence-corrected chi connectivity index (χ4v) is 2.07. The van der Waals surface area contributed by atoms with Gasteiger partial charge in [0.15, 0.2) is 0 Å². The minimum absolute atomic E-state index is 0.144. The van der Waals surface area contributed by atoms with Crippen LogP contribution >= 0.6 is 12.6 Å². The van der Waals surface area contributed by atoms with Crippen LogP contribution in [0.4, 0.5) is 0 Å². The summed E-state index contributed by atoms with van der Waals surface area (Å²) in [5, 5.41) is 0. The molecule has 0 aliphatic carbocycles. The van der Waals surface area contributed by atoms with Gasteiger partial charge in [0.2, 0.25) is 0 Å². The van der Waals surface area contributed by atoms with Crippen molar-refractivity contribution in [3.63, 3.8) is 0 Å². The Morgan fingerprint density at radius 3 is 2.94 bits per heavy atom. The average Bonchev–Trinajstić information content (AvgIpc) is 2.33. The molecule has 0 unspecified atom stereocenters. The predicted molar refractivity (Wildman–Crippen MR) is 69.0 cm³/mol. The Hall–Kier alpha value is -1.22. The average molecular weight is 233 g/mol. The second-order valence-corrected chi connectivity index (χ2v) is 4.18. The largest absolute Gasteiger partial charge is 0.335 e. The molecule has 0 radical (unpaired) electrons. The molecule has 0 saturated heterocycles. The monoisotopic (exact) mass is 233 g/mol. The molecule has 1 heterocycles. The number of carbonyl (C=O) groups excluding carboxylic acids is 1. The van der Waals surface area contributed by atoms with Crippen LogP contribution in [0.15, 0.2) is 36.4 Å². The van der Waals surface area contributed by atoms with E-state index in [1.165, 1.54) is 5.56 Å². The van der Waals surface area contributed by atoms with Gasteiger partial charge in [0, 0.05) is 24.4 Å². The lowest BCUT2D eigenvalue weighted by Crippen LogP contribution is -2.37. The van der Waals surface area contributed by atoms with E-state index in [1.54, 1.807) is 0 Å². The normalized spacial score (nSPS) is 15.6. The topological polar surface area (TPSA) is 20.3 Å². The van der Waals surface area contributed by atoms with Gasteiger partial charge in [-0.3, -0.25) is 4.79 Å². The van der Waals surface area contributed by atoms with Crippen molar-refractivity contribution in [3.05, 3.63) is 47.5 Å². The molecule has 1 aliphatic rings. The van der Waals surface area contributed by atoms with Crippen LogP contribution in [0.5, 0.6) is 0 Å². The molecule has 1 aromatic rings. The first-order valence-electron chi connectivity index (χ1n) is 5.46. The standard InChI is InChI=1S/C13H15NOS/c15-13-12-6-2-1-5-11(12)7-9-14(13)8-3-4-10-16/h1-6,16H,7-10H2. The minimum atomic E-state index is 0.144. The van der Waals surface area contributed by atoms with Gasteiger partial charge in [-0.2, -0.15) is 12.6 Å². The van der Waals surface area contributed by atoms with Gasteiger partial charge < -0.3 is 4.90 Å². The zero-order chi connectivity index (χ0) is 11.4. The van der Waals surface area contributed by atoms with Crippen LogP contribution in [0, 0.1) is 0 Å². The summed E-state index contributed by atoms with van der Waals surface area (Å²) < 4.78 is 0. The molecule has 2 rings (SSSR count). The molecule has 1 aliphatic heterocycles. The minimum Gasteiger partial charge on any atom is -0.335 e. The summed E-state index contributed by atoms with van der Waals surface area (Å²) >= 11 is 4.10. The molecule has 1 amide bonds. The summed E-state index contributed by atoms with van der Waals surface area (Å²) in [6.07, 6.45) is 4.92. The third kappa shape index (κ3) is 2.30. The van der Waals surface area contributed by atoms with E-state index in [0.29, 0.717) is 6.54 Å². The van der Waals surface area contributed by atoms with Crippen molar-refractivity contribution in [1.29, 1.82) is 0 Å². The van der Waals surface area contributed by atoms with Crippen molar-refractivity contribution in [1.82, 2.24) is 4.90 Å². The van der Waals surface area contributed by atoms with Gasteiger partial charge in [-0.05, 0) is 18.1 Å². The van der Waals surface area contributed by atoms with Crippen molar-refractivity contribution in [2.45, 2.75) is 6.42 Å². The summed E-state index contributed by atoms with van der Waals surface area (Å²) in [5.41, 5.74) is 2.02. The molecule has 0 bridgehead atoms. The Balaban J connectivity index is 2.12. The van der Waals surface area contributed by atoms with E-state index >= 15 is 0 Å². The Kier molecular flexibility index (Phi) is 3.67. The molecule has 3 heteroatoms. The lowest BCUT2D eigenvalue weighted by molar-refractivity contribution is 0.0759. The predicted octanol–water partition coefficient (Wildman–Crippen LogP) is 2.17. The van der Waals surface area contributed by atoms with Crippen LogP contribution in [-0.2, 0) is 6.42 Å². The van der Waals surface area contributed by atoms with Crippen LogP contribution in [0.2, 0.25) is 0 Å². The number of fused-ring (bicyclic) bond motifs is 1. The number of nitrogens with zero attached hydrogens (tertiary/aromatic N) is 1. The molecule has 0 fully saturated rings. The van der Waals surface area contributed by atoms with E-state index < -0.39 is 0 Å². The number of thiol groups is 1. The van der Waals surface area contributed by atoms with Crippen LogP contribution in [0.25, 0.3) is 0 Å². The fraction of sp³-hybridized carbons (Fsp3) is 0.308. The van der Waals surface area contributed by atoms with E-state index in [2.05, 4.69) is 12.6 Å². The molecule has 2 nitrogen and oxygen atoms in total. The maximum Gasteiger partial charge on any atom is 0.254 e. The summed E-state index contributed by atoms with van der Waals surface area (Å²) in [4.78, 5) is 14.0. The third-order valence-electron chi connectivity index (χ3n) is 2.78. The van der Waals surface area contributed by atoms with Crippen molar-refractivity contribution in [3.8, 4) is 0 Å². The lowest BCUT2D eigenvalue weighted by Gasteiger charge is -2.27. The highest BCUT2D eigenvalue weighted by molar-refractivity contribution is 7.80. The number of rotatable bonds is 3. The van der Waals surface area contributed by atoms with Crippen LogP contribution in [-0.4, -0.2) is 29.6 Å². The van der Waals surface area contributed by atoms with Gasteiger partial charge in [-0.1, -0.05) is 30.4 Å². The SMILES string of the molecule is O=C1c2ccccc2CCN1CC=CCS. The summed E-state index contributed by atoms with van der Waals surface area (Å²) in [7, 11) is 0. The molecule has 1 aromatic carbocycles. The molecule has 0 spiro atoms. The molecule has 0 atom stereocenters. The van der Waals surface area contributed by atoms with E-state index in [4.69, 9.17) is 0 Å². The second-order valence-electron chi connectivity index (χ2n) is 3.81. The first-order chi connectivity index (χ1) is 7.83. The first kappa shape index (κ1) is 11.3. The molecule has 0 N–H and O–H groups in total. The second kappa shape index (κ2) is 5.21. The highest BCUT2D eigenvalue weighted by Crippen LogP contribution is 2.18. The number of carbonyl (C=O) groups is 1. The van der Waals surface area contributed by atoms with Gasteiger partial charge in [0.1, 0.15) is 0 Å². The van der Waals surface area contributed by atoms with E-state index in [9.17, 15) is 4.79 Å². The molecule has 16 heavy (non-hydrogen) atoms. The molecular weight excluding hydrogens is 218 g/mol. The Labute approximate surface area is 101 Å². The van der Waals surface area contributed by atoms with Crippen molar-refractivity contribution in [2.75, 3.05) is 18.8 Å². The zero-order valence-corrected chi connectivity index (χ0v) is 9.99. The first-order valence-corrected chi connectivity index (χ1v) is 6.09. The fourth-order valence-electron chi connectivity index (χ4n) is 1.92. The van der Waals surface area contributed by atoms with Crippen LogP contribution in [0.1, 0.15) is 15.9 Å². The highest BCUT2D eigenvalue weighted by Gasteiger charge is 2.22. The maximum atomic E-state index is 12.1. The van der Waals surface area contributed by atoms with E-state index in [1.807, 2.05) is 41.3 Å². The van der Waals surface area contributed by atoms with Crippen LogP contribution in [0.3, 0.4) is 0 Å². The summed E-state index contributed by atoms with van der Waals surface area (Å²) in [5.74, 6) is 0.865. The Morgan fingerprint density at radius 1 is 1.31 bits per heavy atom. The zero-order valence-electron chi connectivity index (χ0n) is 9.10. The van der Waals surface area contributed by atoms with E-state index in [-0.39, 0.29) is 5.91 Å². The number of benzene rings is 1. The smallest absolute Gasteiger partial charge is 0.254 e. The summed E-state index contributed by atoms with van der Waals surface area (Å²) in [6, 6.07) is 7.85. The lowest BCUT2D eigenvalue weighted by atomic mass is 9.99. The van der Waals surface area contributed by atoms with Gasteiger partial charge >= 0.3 is 0 Å². The third-order valence-corrected chi connectivity index (χ3v) is 2.99. The molecule has 0 saturated carbocycles. The maximum absolute atomic E-state index is 12.1.